The van der Waals surface area contributed by atoms with Crippen molar-refractivity contribution >= 4 is 27.1 Å². The zero-order chi connectivity index (χ0) is 11.0. The van der Waals surface area contributed by atoms with E-state index in [1.165, 1.54) is 21.3 Å². The second kappa shape index (κ2) is 4.07. The molecule has 1 fully saturated rings. The molecule has 2 aromatic rings. The van der Waals surface area contributed by atoms with Gasteiger partial charge in [0.1, 0.15) is 0 Å². The minimum atomic E-state index is 1.10. The van der Waals surface area contributed by atoms with E-state index in [9.17, 15) is 0 Å². The molecule has 2 heterocycles. The van der Waals surface area contributed by atoms with Crippen LogP contribution in [0.4, 0.5) is 5.69 Å². The molecule has 0 atom stereocenters. The standard InChI is InChI=1S/C13H16N2S/c1-10-9-16-13-3-2-11(8-12(10)13)15-6-4-14-5-7-15/h2-3,8-9,14H,4-7H2,1H3. The van der Waals surface area contributed by atoms with Crippen LogP contribution >= 0.6 is 11.3 Å². The summed E-state index contributed by atoms with van der Waals surface area (Å²) in [6, 6.07) is 6.85. The molecule has 1 aliphatic heterocycles. The van der Waals surface area contributed by atoms with Gasteiger partial charge in [-0.15, -0.1) is 11.3 Å². The van der Waals surface area contributed by atoms with Gasteiger partial charge >= 0.3 is 0 Å². The number of benzene rings is 1. The molecule has 3 rings (SSSR count). The van der Waals surface area contributed by atoms with Crippen molar-refractivity contribution in [3.05, 3.63) is 29.1 Å². The van der Waals surface area contributed by atoms with Gasteiger partial charge in [-0.05, 0) is 41.5 Å². The summed E-state index contributed by atoms with van der Waals surface area (Å²) in [5, 5.41) is 7.05. The number of piperazine rings is 1. The summed E-state index contributed by atoms with van der Waals surface area (Å²) in [6.07, 6.45) is 0. The van der Waals surface area contributed by atoms with Crippen LogP contribution in [0.15, 0.2) is 23.6 Å². The Morgan fingerprint density at radius 2 is 2.06 bits per heavy atom. The highest BCUT2D eigenvalue weighted by molar-refractivity contribution is 7.17. The quantitative estimate of drug-likeness (QED) is 0.813. The van der Waals surface area contributed by atoms with E-state index in [4.69, 9.17) is 0 Å². The van der Waals surface area contributed by atoms with Gasteiger partial charge in [0, 0.05) is 36.6 Å². The van der Waals surface area contributed by atoms with Crippen molar-refractivity contribution < 1.29 is 0 Å². The van der Waals surface area contributed by atoms with Gasteiger partial charge in [0.2, 0.25) is 0 Å². The van der Waals surface area contributed by atoms with E-state index in [1.54, 1.807) is 0 Å². The van der Waals surface area contributed by atoms with E-state index in [1.807, 2.05) is 11.3 Å². The summed E-state index contributed by atoms with van der Waals surface area (Å²) in [5.74, 6) is 0. The lowest BCUT2D eigenvalue weighted by Gasteiger charge is -2.29. The van der Waals surface area contributed by atoms with E-state index < -0.39 is 0 Å². The molecule has 84 valence electrons. The van der Waals surface area contributed by atoms with Crippen molar-refractivity contribution in [2.24, 2.45) is 0 Å². The lowest BCUT2D eigenvalue weighted by atomic mass is 10.1. The molecule has 16 heavy (non-hydrogen) atoms. The lowest BCUT2D eigenvalue weighted by Crippen LogP contribution is -2.43. The minimum Gasteiger partial charge on any atom is -0.369 e. The maximum atomic E-state index is 3.39. The van der Waals surface area contributed by atoms with Gasteiger partial charge in [-0.3, -0.25) is 0 Å². The molecular weight excluding hydrogens is 216 g/mol. The van der Waals surface area contributed by atoms with Crippen molar-refractivity contribution in [1.82, 2.24) is 5.32 Å². The number of anilines is 1. The molecule has 0 saturated carbocycles. The number of rotatable bonds is 1. The number of nitrogens with one attached hydrogen (secondary N) is 1. The second-order valence-electron chi connectivity index (χ2n) is 4.34. The fourth-order valence-electron chi connectivity index (χ4n) is 2.26. The third-order valence-electron chi connectivity index (χ3n) is 3.23. The Kier molecular flexibility index (Phi) is 2.58. The first-order valence-electron chi connectivity index (χ1n) is 5.78. The zero-order valence-corrected chi connectivity index (χ0v) is 10.3. The first kappa shape index (κ1) is 10.1. The molecule has 0 aliphatic carbocycles. The van der Waals surface area contributed by atoms with Crippen molar-refractivity contribution in [3.8, 4) is 0 Å². The molecular formula is C13H16N2S. The number of hydrogen-bond donors (Lipinski definition) is 1. The molecule has 1 aromatic carbocycles. The average Bonchev–Trinajstić information content (AvgIpc) is 2.72. The SMILES string of the molecule is Cc1csc2ccc(N3CCNCC3)cc12. The molecule has 2 nitrogen and oxygen atoms in total. The van der Waals surface area contributed by atoms with Crippen LogP contribution < -0.4 is 10.2 Å². The Balaban J connectivity index is 1.99. The summed E-state index contributed by atoms with van der Waals surface area (Å²) in [6.45, 7) is 6.63. The molecule has 0 radical (unpaired) electrons. The molecule has 1 saturated heterocycles. The van der Waals surface area contributed by atoms with E-state index in [2.05, 4.69) is 40.7 Å². The average molecular weight is 232 g/mol. The Labute approximate surface area is 99.9 Å². The van der Waals surface area contributed by atoms with E-state index in [0.717, 1.165) is 26.2 Å². The van der Waals surface area contributed by atoms with Crippen LogP contribution in [0.3, 0.4) is 0 Å². The summed E-state index contributed by atoms with van der Waals surface area (Å²) in [4.78, 5) is 2.47. The van der Waals surface area contributed by atoms with E-state index in [-0.39, 0.29) is 0 Å². The van der Waals surface area contributed by atoms with Gasteiger partial charge in [0.05, 0.1) is 0 Å². The van der Waals surface area contributed by atoms with Gasteiger partial charge in [-0.25, -0.2) is 0 Å². The minimum absolute atomic E-state index is 1.10. The molecule has 1 N–H and O–H groups in total. The van der Waals surface area contributed by atoms with E-state index in [0.29, 0.717) is 0 Å². The first-order valence-corrected chi connectivity index (χ1v) is 6.66. The van der Waals surface area contributed by atoms with Crippen molar-refractivity contribution in [3.63, 3.8) is 0 Å². The molecule has 3 heteroatoms. The Morgan fingerprint density at radius 3 is 2.88 bits per heavy atom. The fourth-order valence-corrected chi connectivity index (χ4v) is 3.19. The number of nitrogens with zero attached hydrogens (tertiary/aromatic N) is 1. The lowest BCUT2D eigenvalue weighted by molar-refractivity contribution is 0.589. The van der Waals surface area contributed by atoms with E-state index >= 15 is 0 Å². The first-order chi connectivity index (χ1) is 7.84. The predicted molar refractivity (Wildman–Crippen MR) is 71.6 cm³/mol. The Bertz CT molecular complexity index is 498. The van der Waals surface area contributed by atoms with Crippen LogP contribution in [-0.2, 0) is 0 Å². The summed E-state index contributed by atoms with van der Waals surface area (Å²) < 4.78 is 1.40. The van der Waals surface area contributed by atoms with Gasteiger partial charge in [0.25, 0.3) is 0 Å². The van der Waals surface area contributed by atoms with Crippen LogP contribution in [0, 0.1) is 6.92 Å². The van der Waals surface area contributed by atoms with Crippen molar-refractivity contribution in [2.45, 2.75) is 6.92 Å². The largest absolute Gasteiger partial charge is 0.369 e. The highest BCUT2D eigenvalue weighted by Gasteiger charge is 2.11. The molecule has 1 aliphatic rings. The smallest absolute Gasteiger partial charge is 0.0374 e. The second-order valence-corrected chi connectivity index (χ2v) is 5.25. The van der Waals surface area contributed by atoms with Crippen LogP contribution in [0.2, 0.25) is 0 Å². The molecule has 0 spiro atoms. The monoisotopic (exact) mass is 232 g/mol. The third-order valence-corrected chi connectivity index (χ3v) is 4.31. The van der Waals surface area contributed by atoms with Crippen LogP contribution in [0.5, 0.6) is 0 Å². The third kappa shape index (κ3) is 1.70. The van der Waals surface area contributed by atoms with Crippen molar-refractivity contribution in [2.75, 3.05) is 31.1 Å². The highest BCUT2D eigenvalue weighted by atomic mass is 32.1. The number of aryl methyl sites for hydroxylation is 1. The highest BCUT2D eigenvalue weighted by Crippen LogP contribution is 2.29. The number of thiophene rings is 1. The van der Waals surface area contributed by atoms with Gasteiger partial charge in [-0.2, -0.15) is 0 Å². The summed E-state index contributed by atoms with van der Waals surface area (Å²) in [7, 11) is 0. The van der Waals surface area contributed by atoms with Crippen LogP contribution in [-0.4, -0.2) is 26.2 Å². The molecule has 0 unspecified atom stereocenters. The van der Waals surface area contributed by atoms with Crippen LogP contribution in [0.25, 0.3) is 10.1 Å². The maximum absolute atomic E-state index is 3.39. The Hall–Kier alpha value is -1.06. The predicted octanol–water partition coefficient (Wildman–Crippen LogP) is 2.62. The summed E-state index contributed by atoms with van der Waals surface area (Å²) in [5.41, 5.74) is 2.77. The van der Waals surface area contributed by atoms with Crippen LogP contribution in [0.1, 0.15) is 5.56 Å². The zero-order valence-electron chi connectivity index (χ0n) is 9.49. The topological polar surface area (TPSA) is 15.3 Å². The Morgan fingerprint density at radius 1 is 1.25 bits per heavy atom. The van der Waals surface area contributed by atoms with Crippen molar-refractivity contribution in [1.29, 1.82) is 0 Å². The molecule has 0 bridgehead atoms. The normalized spacial score (nSPS) is 16.9. The van der Waals surface area contributed by atoms with Gasteiger partial charge in [-0.1, -0.05) is 0 Å². The molecule has 0 amide bonds. The number of hydrogen-bond acceptors (Lipinski definition) is 3. The van der Waals surface area contributed by atoms with Gasteiger partial charge in [0.15, 0.2) is 0 Å². The maximum Gasteiger partial charge on any atom is 0.0374 e. The fraction of sp³-hybridized carbons (Fsp3) is 0.385. The summed E-state index contributed by atoms with van der Waals surface area (Å²) >= 11 is 1.84. The molecule has 1 aromatic heterocycles. The van der Waals surface area contributed by atoms with Gasteiger partial charge < -0.3 is 10.2 Å². The number of fused-ring (bicyclic) bond motifs is 1.